The molecule has 144 valence electrons. The van der Waals surface area contributed by atoms with Crippen molar-refractivity contribution in [3.05, 3.63) is 0 Å². The van der Waals surface area contributed by atoms with Crippen LogP contribution in [0.15, 0.2) is 0 Å². The molecular formula is C20H40O4. The van der Waals surface area contributed by atoms with Gasteiger partial charge in [-0.2, -0.15) is 0 Å². The minimum atomic E-state index is -0.0923. The highest BCUT2D eigenvalue weighted by atomic mass is 16.5. The molecule has 0 spiro atoms. The molecule has 0 aliphatic carbocycles. The van der Waals surface area contributed by atoms with Crippen LogP contribution >= 0.6 is 0 Å². The van der Waals surface area contributed by atoms with Gasteiger partial charge in [0.2, 0.25) is 0 Å². The highest BCUT2D eigenvalue weighted by molar-refractivity contribution is 5.71. The van der Waals surface area contributed by atoms with E-state index in [0.29, 0.717) is 31.5 Å². The summed E-state index contributed by atoms with van der Waals surface area (Å²) in [7, 11) is 0. The second kappa shape index (κ2) is 16.8. The Kier molecular flexibility index (Phi) is 17.6. The van der Waals surface area contributed by atoms with E-state index in [-0.39, 0.29) is 17.9 Å². The van der Waals surface area contributed by atoms with E-state index >= 15 is 0 Å². The van der Waals surface area contributed by atoms with Gasteiger partial charge in [0.1, 0.15) is 0 Å². The fourth-order valence-corrected chi connectivity index (χ4v) is 1.45. The zero-order valence-corrected chi connectivity index (χ0v) is 17.0. The van der Waals surface area contributed by atoms with Crippen molar-refractivity contribution in [3.8, 4) is 0 Å². The van der Waals surface area contributed by atoms with Crippen LogP contribution in [0.3, 0.4) is 0 Å². The maximum absolute atomic E-state index is 11.1. The summed E-state index contributed by atoms with van der Waals surface area (Å²) in [6.07, 6.45) is 5.96. The van der Waals surface area contributed by atoms with Crippen molar-refractivity contribution < 1.29 is 19.1 Å². The zero-order chi connectivity index (χ0) is 19.0. The van der Waals surface area contributed by atoms with Gasteiger partial charge in [-0.05, 0) is 18.3 Å². The molecule has 4 heteroatoms. The first-order chi connectivity index (χ1) is 11.3. The lowest BCUT2D eigenvalue weighted by molar-refractivity contribution is -0.148. The molecule has 0 N–H and O–H groups in total. The van der Waals surface area contributed by atoms with E-state index in [9.17, 15) is 9.59 Å². The number of hydrogen-bond acceptors (Lipinski definition) is 4. The molecular weight excluding hydrogens is 304 g/mol. The van der Waals surface area contributed by atoms with Crippen LogP contribution in [0.25, 0.3) is 0 Å². The summed E-state index contributed by atoms with van der Waals surface area (Å²) >= 11 is 0. The second-order valence-electron chi connectivity index (χ2n) is 6.95. The number of carbonyl (C=O) groups is 2. The summed E-state index contributed by atoms with van der Waals surface area (Å²) in [4.78, 5) is 22.1. The van der Waals surface area contributed by atoms with Crippen LogP contribution in [0.4, 0.5) is 0 Å². The van der Waals surface area contributed by atoms with Crippen molar-refractivity contribution in [1.82, 2.24) is 0 Å². The lowest BCUT2D eigenvalue weighted by atomic mass is 10.1. The fourth-order valence-electron chi connectivity index (χ4n) is 1.45. The Bertz CT molecular complexity index is 313. The lowest BCUT2D eigenvalue weighted by Gasteiger charge is -2.10. The second-order valence-corrected chi connectivity index (χ2v) is 6.95. The maximum Gasteiger partial charge on any atom is 0.308 e. The maximum atomic E-state index is 11.1. The molecule has 0 amide bonds. The van der Waals surface area contributed by atoms with Gasteiger partial charge in [0.25, 0.3) is 0 Å². The number of esters is 2. The summed E-state index contributed by atoms with van der Waals surface area (Å²) in [5, 5.41) is 0. The molecule has 0 aromatic heterocycles. The standard InChI is InChI=1S/C11H22O2.C9H18O2/c1-4-6-7-8-11(12)13-9-10(3)5-2;1-5-8(4)6-11-9(10)7(2)3/h10H,4-9H2,1-3H3;7-8H,5-6H2,1-4H3. The van der Waals surface area contributed by atoms with E-state index < -0.39 is 0 Å². The Morgan fingerprint density at radius 2 is 1.29 bits per heavy atom. The van der Waals surface area contributed by atoms with Crippen molar-refractivity contribution in [2.45, 2.75) is 87.0 Å². The van der Waals surface area contributed by atoms with Gasteiger partial charge in [-0.15, -0.1) is 0 Å². The number of unbranched alkanes of at least 4 members (excludes halogenated alkanes) is 2. The van der Waals surface area contributed by atoms with Crippen LogP contribution in [0.1, 0.15) is 87.0 Å². The topological polar surface area (TPSA) is 52.6 Å². The predicted octanol–water partition coefficient (Wildman–Crippen LogP) is 5.39. The Hall–Kier alpha value is -1.06. The molecule has 0 saturated heterocycles. The van der Waals surface area contributed by atoms with Crippen molar-refractivity contribution in [2.75, 3.05) is 13.2 Å². The summed E-state index contributed by atoms with van der Waals surface area (Å²) in [6.45, 7) is 15.3. The van der Waals surface area contributed by atoms with Crippen LogP contribution in [-0.4, -0.2) is 25.2 Å². The highest BCUT2D eigenvalue weighted by Gasteiger charge is 2.09. The first kappa shape index (κ1) is 25.2. The lowest BCUT2D eigenvalue weighted by Crippen LogP contribution is -2.15. The SMILES string of the molecule is CCC(C)COC(=O)C(C)C.CCCCCC(=O)OCC(C)CC. The number of hydrogen-bond donors (Lipinski definition) is 0. The van der Waals surface area contributed by atoms with Crippen molar-refractivity contribution >= 4 is 11.9 Å². The number of rotatable bonds is 11. The molecule has 0 radical (unpaired) electrons. The number of carbonyl (C=O) groups excluding carboxylic acids is 2. The smallest absolute Gasteiger partial charge is 0.308 e. The third-order valence-electron chi connectivity index (χ3n) is 3.89. The van der Waals surface area contributed by atoms with Gasteiger partial charge in [0, 0.05) is 6.42 Å². The van der Waals surface area contributed by atoms with Gasteiger partial charge in [-0.3, -0.25) is 9.59 Å². The van der Waals surface area contributed by atoms with Crippen LogP contribution < -0.4 is 0 Å². The Labute approximate surface area is 149 Å². The van der Waals surface area contributed by atoms with Crippen LogP contribution in [0.2, 0.25) is 0 Å². The Morgan fingerprint density at radius 1 is 0.792 bits per heavy atom. The summed E-state index contributed by atoms with van der Waals surface area (Å²) in [5.74, 6) is 0.853. The van der Waals surface area contributed by atoms with E-state index in [1.165, 1.54) is 0 Å². The molecule has 2 unspecified atom stereocenters. The van der Waals surface area contributed by atoms with E-state index in [1.54, 1.807) is 0 Å². The van der Waals surface area contributed by atoms with Crippen molar-refractivity contribution in [2.24, 2.45) is 17.8 Å². The van der Waals surface area contributed by atoms with Gasteiger partial charge in [0.05, 0.1) is 19.1 Å². The van der Waals surface area contributed by atoms with Crippen molar-refractivity contribution in [3.63, 3.8) is 0 Å². The van der Waals surface area contributed by atoms with E-state index in [4.69, 9.17) is 9.47 Å². The Morgan fingerprint density at radius 3 is 1.71 bits per heavy atom. The summed E-state index contributed by atoms with van der Waals surface area (Å²) in [6, 6.07) is 0. The van der Waals surface area contributed by atoms with Crippen molar-refractivity contribution in [1.29, 1.82) is 0 Å². The molecule has 4 nitrogen and oxygen atoms in total. The first-order valence-electron chi connectivity index (χ1n) is 9.60. The quantitative estimate of drug-likeness (QED) is 0.372. The number of ether oxygens (including phenoxy) is 2. The third kappa shape index (κ3) is 17.3. The zero-order valence-electron chi connectivity index (χ0n) is 17.0. The molecule has 0 aromatic rings. The molecule has 0 rings (SSSR count). The van der Waals surface area contributed by atoms with E-state index in [1.807, 2.05) is 13.8 Å². The fraction of sp³-hybridized carbons (Fsp3) is 0.900. The van der Waals surface area contributed by atoms with Crippen LogP contribution in [0, 0.1) is 17.8 Å². The molecule has 0 aliphatic rings. The van der Waals surface area contributed by atoms with Gasteiger partial charge in [0.15, 0.2) is 0 Å². The minimum absolute atomic E-state index is 0.000874. The molecule has 2 atom stereocenters. The van der Waals surface area contributed by atoms with Gasteiger partial charge < -0.3 is 9.47 Å². The van der Waals surface area contributed by atoms with Crippen LogP contribution in [-0.2, 0) is 19.1 Å². The van der Waals surface area contributed by atoms with E-state index in [2.05, 4.69) is 34.6 Å². The average molecular weight is 345 g/mol. The molecule has 0 heterocycles. The van der Waals surface area contributed by atoms with Gasteiger partial charge >= 0.3 is 11.9 Å². The normalized spacial score (nSPS) is 12.8. The minimum Gasteiger partial charge on any atom is -0.465 e. The van der Waals surface area contributed by atoms with E-state index in [0.717, 1.165) is 32.1 Å². The molecule has 0 aliphatic heterocycles. The van der Waals surface area contributed by atoms with Gasteiger partial charge in [-0.25, -0.2) is 0 Å². The third-order valence-corrected chi connectivity index (χ3v) is 3.89. The first-order valence-corrected chi connectivity index (χ1v) is 9.60. The predicted molar refractivity (Wildman–Crippen MR) is 99.8 cm³/mol. The summed E-state index contributed by atoms with van der Waals surface area (Å²) in [5.41, 5.74) is 0. The molecule has 0 bridgehead atoms. The summed E-state index contributed by atoms with van der Waals surface area (Å²) < 4.78 is 10.1. The molecule has 24 heavy (non-hydrogen) atoms. The monoisotopic (exact) mass is 344 g/mol. The Balaban J connectivity index is 0. The molecule has 0 fully saturated rings. The highest BCUT2D eigenvalue weighted by Crippen LogP contribution is 2.05. The molecule has 0 saturated carbocycles. The van der Waals surface area contributed by atoms with Gasteiger partial charge in [-0.1, -0.05) is 74.1 Å². The molecule has 0 aromatic carbocycles. The van der Waals surface area contributed by atoms with Crippen LogP contribution in [0.5, 0.6) is 0 Å². The average Bonchev–Trinajstić information content (AvgIpc) is 2.57. The largest absolute Gasteiger partial charge is 0.465 e.